The maximum atomic E-state index is 13.1. The van der Waals surface area contributed by atoms with E-state index < -0.39 is 12.0 Å². The molecule has 7 heteroatoms. The number of ether oxygens (including phenoxy) is 3. The Labute approximate surface area is 218 Å². The average molecular weight is 508 g/mol. The lowest BCUT2D eigenvalue weighted by atomic mass is 9.62. The van der Waals surface area contributed by atoms with Crippen molar-refractivity contribution in [2.24, 2.45) is 0 Å². The number of anilines is 1. The van der Waals surface area contributed by atoms with Gasteiger partial charge in [0.05, 0.1) is 21.3 Å². The Balaban J connectivity index is 1.63. The fourth-order valence-corrected chi connectivity index (χ4v) is 5.11. The van der Waals surface area contributed by atoms with Gasteiger partial charge in [-0.25, -0.2) is 0 Å². The zero-order valence-corrected chi connectivity index (χ0v) is 22.9. The number of amides is 1. The van der Waals surface area contributed by atoms with Gasteiger partial charge in [-0.15, -0.1) is 0 Å². The van der Waals surface area contributed by atoms with E-state index in [4.69, 9.17) is 18.6 Å². The SMILES string of the molecule is COc1cc(OC)c(NC(=O)c2ccc(C(O)c3cc4c(cc3C)C(C)(C)CCC4(C)C)o2)c(OC)c1. The van der Waals surface area contributed by atoms with Gasteiger partial charge in [0, 0.05) is 12.1 Å². The maximum absolute atomic E-state index is 13.1. The summed E-state index contributed by atoms with van der Waals surface area (Å²) in [6, 6.07) is 10.8. The Hall–Kier alpha value is -3.45. The fraction of sp³-hybridized carbons (Fsp3) is 0.433. The lowest BCUT2D eigenvalue weighted by Gasteiger charge is -2.42. The van der Waals surface area contributed by atoms with E-state index >= 15 is 0 Å². The molecule has 1 unspecified atom stereocenters. The summed E-state index contributed by atoms with van der Waals surface area (Å²) in [6.07, 6.45) is 1.20. The van der Waals surface area contributed by atoms with Crippen LogP contribution < -0.4 is 19.5 Å². The standard InChI is InChI=1S/C30H37NO6/c1-17-13-20-21(30(4,5)12-11-29(20,2)3)16-19(17)27(32)22-9-10-23(37-22)28(33)31-26-24(35-7)14-18(34-6)15-25(26)36-8/h9-10,13-16,27,32H,11-12H2,1-8H3,(H,31,33). The number of rotatable bonds is 7. The largest absolute Gasteiger partial charge is 0.496 e. The monoisotopic (exact) mass is 507 g/mol. The van der Waals surface area contributed by atoms with E-state index in [1.165, 1.54) is 32.5 Å². The van der Waals surface area contributed by atoms with Gasteiger partial charge in [0.1, 0.15) is 34.8 Å². The molecule has 1 aliphatic rings. The number of aliphatic hydroxyl groups is 1. The van der Waals surface area contributed by atoms with Crippen molar-refractivity contribution in [3.8, 4) is 17.2 Å². The van der Waals surface area contributed by atoms with Gasteiger partial charge in [-0.05, 0) is 65.0 Å². The highest BCUT2D eigenvalue weighted by molar-refractivity contribution is 6.04. The van der Waals surface area contributed by atoms with Gasteiger partial charge in [-0.2, -0.15) is 0 Å². The van der Waals surface area contributed by atoms with Crippen molar-refractivity contribution in [3.05, 3.63) is 70.2 Å². The van der Waals surface area contributed by atoms with Crippen molar-refractivity contribution in [2.45, 2.75) is 64.4 Å². The van der Waals surface area contributed by atoms with Crippen LogP contribution in [-0.4, -0.2) is 32.3 Å². The highest BCUT2D eigenvalue weighted by atomic mass is 16.5. The minimum atomic E-state index is -1.00. The predicted octanol–water partition coefficient (Wildman–Crippen LogP) is 6.30. The number of methoxy groups -OCH3 is 3. The topological polar surface area (TPSA) is 90.2 Å². The summed E-state index contributed by atoms with van der Waals surface area (Å²) < 4.78 is 21.9. The number of furan rings is 1. The lowest BCUT2D eigenvalue weighted by Crippen LogP contribution is -2.34. The van der Waals surface area contributed by atoms with Crippen LogP contribution in [0.3, 0.4) is 0 Å². The van der Waals surface area contributed by atoms with Gasteiger partial charge in [0.15, 0.2) is 5.76 Å². The number of benzene rings is 2. The summed E-state index contributed by atoms with van der Waals surface area (Å²) in [7, 11) is 4.53. The summed E-state index contributed by atoms with van der Waals surface area (Å²) in [5.41, 5.74) is 4.81. The van der Waals surface area contributed by atoms with E-state index in [-0.39, 0.29) is 16.6 Å². The predicted molar refractivity (Wildman–Crippen MR) is 143 cm³/mol. The van der Waals surface area contributed by atoms with Crippen LogP contribution in [0, 0.1) is 6.92 Å². The summed E-state index contributed by atoms with van der Waals surface area (Å²) in [4.78, 5) is 13.1. The van der Waals surface area contributed by atoms with E-state index in [0.717, 1.165) is 24.0 Å². The molecule has 7 nitrogen and oxygen atoms in total. The summed E-state index contributed by atoms with van der Waals surface area (Å²) in [5.74, 6) is 1.16. The van der Waals surface area contributed by atoms with Gasteiger partial charge in [0.2, 0.25) is 0 Å². The second-order valence-corrected chi connectivity index (χ2v) is 11.0. The van der Waals surface area contributed by atoms with Crippen molar-refractivity contribution in [3.63, 3.8) is 0 Å². The van der Waals surface area contributed by atoms with E-state index in [0.29, 0.717) is 28.7 Å². The number of carbonyl (C=O) groups is 1. The molecule has 1 amide bonds. The number of hydrogen-bond donors (Lipinski definition) is 2. The molecule has 0 bridgehead atoms. The molecule has 0 saturated heterocycles. The minimum absolute atomic E-state index is 0.0116. The van der Waals surface area contributed by atoms with Crippen LogP contribution >= 0.6 is 0 Å². The molecule has 2 N–H and O–H groups in total. The number of aliphatic hydroxyl groups excluding tert-OH is 1. The summed E-state index contributed by atoms with van der Waals surface area (Å²) in [6.45, 7) is 11.1. The van der Waals surface area contributed by atoms with Crippen molar-refractivity contribution in [1.29, 1.82) is 0 Å². The van der Waals surface area contributed by atoms with Crippen molar-refractivity contribution in [2.75, 3.05) is 26.6 Å². The average Bonchev–Trinajstić information content (AvgIpc) is 3.37. The second-order valence-electron chi connectivity index (χ2n) is 11.0. The third kappa shape index (κ3) is 4.92. The van der Waals surface area contributed by atoms with Gasteiger partial charge in [0.25, 0.3) is 5.91 Å². The third-order valence-corrected chi connectivity index (χ3v) is 7.61. The van der Waals surface area contributed by atoms with E-state index in [9.17, 15) is 9.90 Å². The van der Waals surface area contributed by atoms with E-state index in [1.807, 2.05) is 6.92 Å². The molecule has 0 fully saturated rings. The summed E-state index contributed by atoms with van der Waals surface area (Å²) in [5, 5.41) is 14.1. The van der Waals surface area contributed by atoms with Crippen LogP contribution in [0.1, 0.15) is 85.2 Å². The molecule has 1 aromatic heterocycles. The van der Waals surface area contributed by atoms with E-state index in [1.54, 1.807) is 24.3 Å². The lowest BCUT2D eigenvalue weighted by molar-refractivity contribution is 0.0987. The molecule has 1 heterocycles. The zero-order chi connectivity index (χ0) is 27.1. The molecule has 3 aromatic rings. The quantitative estimate of drug-likeness (QED) is 0.390. The first-order chi connectivity index (χ1) is 17.4. The van der Waals surface area contributed by atoms with Crippen LogP contribution in [0.15, 0.2) is 40.8 Å². The molecular formula is C30H37NO6. The van der Waals surface area contributed by atoms with Crippen LogP contribution in [0.2, 0.25) is 0 Å². The molecule has 1 aliphatic carbocycles. The van der Waals surface area contributed by atoms with Crippen molar-refractivity contribution in [1.82, 2.24) is 0 Å². The zero-order valence-electron chi connectivity index (χ0n) is 22.9. The van der Waals surface area contributed by atoms with Gasteiger partial charge < -0.3 is 29.1 Å². The Morgan fingerprint density at radius 3 is 2.03 bits per heavy atom. The molecule has 198 valence electrons. The van der Waals surface area contributed by atoms with Gasteiger partial charge in [-0.3, -0.25) is 4.79 Å². The molecule has 2 aromatic carbocycles. The molecule has 0 aliphatic heterocycles. The molecule has 0 saturated carbocycles. The molecule has 1 atom stereocenters. The van der Waals surface area contributed by atoms with Gasteiger partial charge >= 0.3 is 0 Å². The first-order valence-corrected chi connectivity index (χ1v) is 12.5. The Morgan fingerprint density at radius 2 is 1.49 bits per heavy atom. The Morgan fingerprint density at radius 1 is 0.919 bits per heavy atom. The smallest absolute Gasteiger partial charge is 0.291 e. The van der Waals surface area contributed by atoms with Crippen LogP contribution in [0.4, 0.5) is 5.69 Å². The number of nitrogens with one attached hydrogen (secondary N) is 1. The third-order valence-electron chi connectivity index (χ3n) is 7.61. The highest BCUT2D eigenvalue weighted by Gasteiger charge is 2.38. The normalized spacial score (nSPS) is 16.5. The second kappa shape index (κ2) is 9.78. The Bertz CT molecular complexity index is 1290. The van der Waals surface area contributed by atoms with Crippen LogP contribution in [0.25, 0.3) is 0 Å². The first kappa shape index (κ1) is 26.6. The maximum Gasteiger partial charge on any atom is 0.291 e. The molecule has 37 heavy (non-hydrogen) atoms. The number of hydrogen-bond acceptors (Lipinski definition) is 6. The van der Waals surface area contributed by atoms with Crippen molar-refractivity contribution < 1.29 is 28.5 Å². The number of fused-ring (bicyclic) bond motifs is 1. The first-order valence-electron chi connectivity index (χ1n) is 12.5. The van der Waals surface area contributed by atoms with E-state index in [2.05, 4.69) is 45.1 Å². The highest BCUT2D eigenvalue weighted by Crippen LogP contribution is 2.47. The molecule has 0 radical (unpaired) electrons. The van der Waals surface area contributed by atoms with Gasteiger partial charge in [-0.1, -0.05) is 39.8 Å². The molecule has 0 spiro atoms. The Kier molecular flexibility index (Phi) is 7.04. The minimum Gasteiger partial charge on any atom is -0.496 e. The number of carbonyl (C=O) groups excluding carboxylic acids is 1. The van der Waals surface area contributed by atoms with Crippen LogP contribution in [-0.2, 0) is 10.8 Å². The molecular weight excluding hydrogens is 470 g/mol. The van der Waals surface area contributed by atoms with Crippen LogP contribution in [0.5, 0.6) is 17.2 Å². The van der Waals surface area contributed by atoms with Crippen molar-refractivity contribution >= 4 is 11.6 Å². The summed E-state index contributed by atoms with van der Waals surface area (Å²) >= 11 is 0. The number of aryl methyl sites for hydroxylation is 1. The fourth-order valence-electron chi connectivity index (χ4n) is 5.11. The molecule has 4 rings (SSSR count).